The van der Waals surface area contributed by atoms with Gasteiger partial charge in [0.15, 0.2) is 5.78 Å². The minimum Gasteiger partial charge on any atom is -0.466 e. The van der Waals surface area contributed by atoms with Crippen LogP contribution in [0.1, 0.15) is 117 Å². The predicted molar refractivity (Wildman–Crippen MR) is 235 cm³/mol. The molecule has 0 unspecified atom stereocenters. The smallest absolute Gasteiger partial charge is 0.337 e. The van der Waals surface area contributed by atoms with Crippen LogP contribution >= 0.6 is 11.3 Å². The number of methoxy groups -OCH3 is 1. The number of rotatable bonds is 18. The molecule has 3 aromatic carbocycles. The van der Waals surface area contributed by atoms with Gasteiger partial charge in [-0.3, -0.25) is 14.4 Å². The molecule has 1 saturated heterocycles. The van der Waals surface area contributed by atoms with Crippen molar-refractivity contribution >= 4 is 50.7 Å². The van der Waals surface area contributed by atoms with Crippen molar-refractivity contribution in [2.24, 2.45) is 0 Å². The average molecular weight is 856 g/mol. The Labute approximate surface area is 358 Å². The second-order valence-corrected chi connectivity index (χ2v) is 18.9. The third kappa shape index (κ3) is 11.2. The number of nitrogens with zero attached hydrogens (tertiary/aromatic N) is 2. The zero-order chi connectivity index (χ0) is 42.8. The Bertz CT molecular complexity index is 2240. The summed E-state index contributed by atoms with van der Waals surface area (Å²) in [6.45, 7) is 8.00. The van der Waals surface area contributed by atoms with E-state index in [0.717, 1.165) is 73.2 Å². The molecular formula is C47H57N3O8S2. The van der Waals surface area contributed by atoms with Crippen LogP contribution in [-0.4, -0.2) is 86.7 Å². The first kappa shape index (κ1) is 44.9. The van der Waals surface area contributed by atoms with Crippen LogP contribution < -0.4 is 5.32 Å². The van der Waals surface area contributed by atoms with Crippen LogP contribution in [-0.2, 0) is 56.4 Å². The average Bonchev–Trinajstić information content (AvgIpc) is 3.62. The molecule has 0 saturated carbocycles. The van der Waals surface area contributed by atoms with Crippen molar-refractivity contribution in [3.05, 3.63) is 116 Å². The fourth-order valence-corrected chi connectivity index (χ4v) is 11.4. The van der Waals surface area contributed by atoms with Crippen molar-refractivity contribution in [2.75, 3.05) is 38.7 Å². The summed E-state index contributed by atoms with van der Waals surface area (Å²) < 4.78 is 40.2. The number of anilines is 1. The van der Waals surface area contributed by atoms with Crippen LogP contribution in [0.15, 0.2) is 77.7 Å². The number of hydrogen-bond acceptors (Lipinski definition) is 10. The molecule has 13 heteroatoms. The summed E-state index contributed by atoms with van der Waals surface area (Å²) in [4.78, 5) is 56.2. The molecule has 1 amide bonds. The highest BCUT2D eigenvalue weighted by Gasteiger charge is 2.35. The van der Waals surface area contributed by atoms with E-state index in [-0.39, 0.29) is 66.1 Å². The summed E-state index contributed by atoms with van der Waals surface area (Å²) in [6, 6.07) is 21.5. The summed E-state index contributed by atoms with van der Waals surface area (Å²) in [5, 5.41) is 3.08. The van der Waals surface area contributed by atoms with Crippen molar-refractivity contribution in [1.29, 1.82) is 0 Å². The molecule has 1 N–H and O–H groups in total. The van der Waals surface area contributed by atoms with E-state index in [0.29, 0.717) is 47.0 Å². The molecule has 1 aliphatic carbocycles. The van der Waals surface area contributed by atoms with E-state index in [2.05, 4.69) is 24.1 Å². The molecule has 11 nitrogen and oxygen atoms in total. The molecule has 1 fully saturated rings. The molecule has 1 aliphatic heterocycles. The van der Waals surface area contributed by atoms with Gasteiger partial charge in [0.1, 0.15) is 0 Å². The second kappa shape index (κ2) is 20.7. The first-order valence-corrected chi connectivity index (χ1v) is 23.4. The zero-order valence-electron chi connectivity index (χ0n) is 35.2. The number of piperidine rings is 1. The molecule has 4 aromatic rings. The number of likely N-dealkylation sites (tertiary alicyclic amines) is 1. The topological polar surface area (TPSA) is 139 Å². The number of aryl methyl sites for hydroxylation is 3. The summed E-state index contributed by atoms with van der Waals surface area (Å²) >= 11 is 1.51. The number of carbonyl (C=O) groups is 4. The van der Waals surface area contributed by atoms with Crippen LogP contribution in [0, 0.1) is 0 Å². The van der Waals surface area contributed by atoms with Gasteiger partial charge in [0.05, 0.1) is 29.7 Å². The van der Waals surface area contributed by atoms with Crippen molar-refractivity contribution in [3.63, 3.8) is 0 Å². The molecule has 320 valence electrons. The lowest BCUT2D eigenvalue weighted by Gasteiger charge is -2.39. The fraction of sp³-hybridized carbons (Fsp3) is 0.447. The van der Waals surface area contributed by atoms with Gasteiger partial charge in [0.2, 0.25) is 10.0 Å². The molecular weight excluding hydrogens is 799 g/mol. The Hall–Kier alpha value is -4.69. The fourth-order valence-electron chi connectivity index (χ4n) is 8.19. The van der Waals surface area contributed by atoms with Crippen LogP contribution in [0.25, 0.3) is 0 Å². The molecule has 1 aromatic heterocycles. The lowest BCUT2D eigenvalue weighted by Crippen LogP contribution is -2.49. The number of benzene rings is 3. The van der Waals surface area contributed by atoms with Gasteiger partial charge >= 0.3 is 11.9 Å². The Morgan fingerprint density at radius 1 is 0.900 bits per heavy atom. The first-order chi connectivity index (χ1) is 28.9. The quantitative estimate of drug-likeness (QED) is 0.0778. The van der Waals surface area contributed by atoms with Crippen LogP contribution in [0.4, 0.5) is 5.69 Å². The summed E-state index contributed by atoms with van der Waals surface area (Å²) in [5.41, 5.74) is 5.18. The lowest BCUT2D eigenvalue weighted by atomic mass is 9.93. The van der Waals surface area contributed by atoms with E-state index in [9.17, 15) is 27.6 Å². The van der Waals surface area contributed by atoms with E-state index in [1.54, 1.807) is 31.2 Å². The third-order valence-electron chi connectivity index (χ3n) is 11.5. The maximum Gasteiger partial charge on any atom is 0.337 e. The Morgan fingerprint density at radius 3 is 2.22 bits per heavy atom. The van der Waals surface area contributed by atoms with Gasteiger partial charge in [-0.25, -0.2) is 13.2 Å². The number of hydrogen-bond donors (Lipinski definition) is 1. The van der Waals surface area contributed by atoms with E-state index in [1.165, 1.54) is 34.9 Å². The number of ether oxygens (including phenoxy) is 2. The summed E-state index contributed by atoms with van der Waals surface area (Å²) in [7, 11) is -2.67. The predicted octanol–water partition coefficient (Wildman–Crippen LogP) is 8.08. The van der Waals surface area contributed by atoms with Gasteiger partial charge in [-0.1, -0.05) is 36.4 Å². The second-order valence-electron chi connectivity index (χ2n) is 15.9. The number of carbonyl (C=O) groups excluding carboxylic acids is 4. The van der Waals surface area contributed by atoms with Gasteiger partial charge in [-0.2, -0.15) is 4.31 Å². The van der Waals surface area contributed by atoms with Gasteiger partial charge in [0, 0.05) is 52.5 Å². The lowest BCUT2D eigenvalue weighted by molar-refractivity contribution is -0.143. The van der Waals surface area contributed by atoms with Crippen molar-refractivity contribution < 1.29 is 37.1 Å². The molecule has 2 heterocycles. The first-order valence-electron chi connectivity index (χ1n) is 21.1. The van der Waals surface area contributed by atoms with E-state index in [1.807, 2.05) is 36.4 Å². The molecule has 0 atom stereocenters. The third-order valence-corrected chi connectivity index (χ3v) is 14.8. The normalized spacial score (nSPS) is 14.8. The maximum atomic E-state index is 14.4. The molecule has 2 aliphatic rings. The Morgan fingerprint density at radius 2 is 1.57 bits per heavy atom. The minimum atomic E-state index is -4.03. The highest BCUT2D eigenvalue weighted by Crippen LogP contribution is 2.36. The Kier molecular flexibility index (Phi) is 15.5. The molecule has 6 rings (SSSR count). The van der Waals surface area contributed by atoms with E-state index in [4.69, 9.17) is 9.47 Å². The summed E-state index contributed by atoms with van der Waals surface area (Å²) in [6.07, 6.45) is 6.92. The number of fused-ring (bicyclic) bond motifs is 1. The van der Waals surface area contributed by atoms with Crippen LogP contribution in [0.2, 0.25) is 0 Å². The number of ketones is 1. The van der Waals surface area contributed by atoms with Crippen molar-refractivity contribution in [1.82, 2.24) is 9.21 Å². The van der Waals surface area contributed by atoms with Gasteiger partial charge in [0.25, 0.3) is 5.91 Å². The monoisotopic (exact) mass is 855 g/mol. The van der Waals surface area contributed by atoms with Crippen LogP contribution in [0.5, 0.6) is 0 Å². The number of nitrogens with one attached hydrogen (secondary N) is 1. The van der Waals surface area contributed by atoms with Crippen molar-refractivity contribution in [3.8, 4) is 0 Å². The molecule has 0 bridgehead atoms. The molecule has 0 radical (unpaired) electrons. The highest BCUT2D eigenvalue weighted by molar-refractivity contribution is 7.89. The minimum absolute atomic E-state index is 0.0274. The standard InChI is InChI=1S/C47H57N3O8S2/c1-5-58-44(52)14-9-27-50(38-25-28-49(29-26-38)32(2)3)60(55,56)39-11-8-10-36(30-39)41(51)31-43-45(40-12-6-7-13-42(40)59-43)46(53)48-37-23-19-34(20-24-37)16-15-33-17-21-35(22-18-33)47(54)57-4/h8,10-11,17-24,30,32,38H,5-7,9,12-16,25-29,31H2,1-4H3,(H,48,53). The number of Topliss-reactive ketones (excluding diaryl/α,β-unsaturated/α-hetero) is 1. The van der Waals surface area contributed by atoms with E-state index < -0.39 is 10.0 Å². The number of esters is 2. The Balaban J connectivity index is 1.16. The highest BCUT2D eigenvalue weighted by atomic mass is 32.2. The number of thiophene rings is 1. The largest absolute Gasteiger partial charge is 0.466 e. The summed E-state index contributed by atoms with van der Waals surface area (Å²) in [5.74, 6) is -1.24. The molecule has 60 heavy (non-hydrogen) atoms. The van der Waals surface area contributed by atoms with E-state index >= 15 is 0 Å². The SMILES string of the molecule is CCOC(=O)CCCN(C1CCN(C(C)C)CC1)S(=O)(=O)c1cccc(C(=O)Cc2sc3c(c2C(=O)Nc2ccc(CCc4ccc(C(=O)OC)cc4)cc2)CCCC3)c1. The number of amides is 1. The van der Waals surface area contributed by atoms with Crippen LogP contribution in [0.3, 0.4) is 0 Å². The zero-order valence-corrected chi connectivity index (χ0v) is 36.8. The van der Waals surface area contributed by atoms with Gasteiger partial charge < -0.3 is 19.7 Å². The molecule has 0 spiro atoms. The maximum absolute atomic E-state index is 14.4. The van der Waals surface area contributed by atoms with Crippen molar-refractivity contribution in [2.45, 2.75) is 108 Å². The van der Waals surface area contributed by atoms with Gasteiger partial charge in [-0.05, 0) is 145 Å². The number of sulfonamides is 1. The van der Waals surface area contributed by atoms with Gasteiger partial charge in [-0.15, -0.1) is 11.3 Å².